The summed E-state index contributed by atoms with van der Waals surface area (Å²) >= 11 is 5.01. The van der Waals surface area contributed by atoms with Crippen LogP contribution in [-0.4, -0.2) is 48.8 Å². The summed E-state index contributed by atoms with van der Waals surface area (Å²) in [5.74, 6) is 1.05. The molecule has 3 rings (SSSR count). The predicted octanol–water partition coefficient (Wildman–Crippen LogP) is 1.15. The third kappa shape index (κ3) is 3.11. The zero-order valence-electron chi connectivity index (χ0n) is 11.5. The highest BCUT2D eigenvalue weighted by Crippen LogP contribution is 2.26. The fraction of sp³-hybridized carbons (Fsp3) is 0.533. The summed E-state index contributed by atoms with van der Waals surface area (Å²) in [5, 5.41) is 0. The third-order valence-corrected chi connectivity index (χ3v) is 4.20. The molecule has 20 heavy (non-hydrogen) atoms. The summed E-state index contributed by atoms with van der Waals surface area (Å²) in [6, 6.07) is 6.53. The number of thiocarbonyl (C=S) groups is 1. The molecule has 1 atom stereocenters. The highest BCUT2D eigenvalue weighted by Gasteiger charge is 2.22. The molecule has 2 N–H and O–H groups in total. The van der Waals surface area contributed by atoms with E-state index >= 15 is 0 Å². The van der Waals surface area contributed by atoms with E-state index < -0.39 is 0 Å². The van der Waals surface area contributed by atoms with Crippen molar-refractivity contribution < 1.29 is 9.47 Å². The maximum absolute atomic E-state index is 5.66. The summed E-state index contributed by atoms with van der Waals surface area (Å²) < 4.78 is 11.1. The van der Waals surface area contributed by atoms with Gasteiger partial charge in [-0.05, 0) is 23.6 Å². The van der Waals surface area contributed by atoms with Gasteiger partial charge in [0.05, 0.1) is 13.2 Å². The number of nitrogens with zero attached hydrogens (tertiary/aromatic N) is 1. The van der Waals surface area contributed by atoms with Gasteiger partial charge in [-0.2, -0.15) is 0 Å². The quantitative estimate of drug-likeness (QED) is 0.844. The molecule has 0 radical (unpaired) electrons. The maximum atomic E-state index is 5.66. The molecule has 2 aliphatic heterocycles. The first-order valence-electron chi connectivity index (χ1n) is 7.10. The number of benzene rings is 1. The summed E-state index contributed by atoms with van der Waals surface area (Å²) in [6.07, 6.45) is 1.98. The Bertz CT molecular complexity index is 507. The number of ether oxygens (including phenoxy) is 2. The Kier molecular flexibility index (Phi) is 4.19. The first-order valence-corrected chi connectivity index (χ1v) is 7.51. The molecule has 0 saturated carbocycles. The van der Waals surface area contributed by atoms with Crippen molar-refractivity contribution in [2.24, 2.45) is 5.73 Å². The molecule has 2 aliphatic rings. The second-order valence-corrected chi connectivity index (χ2v) is 5.82. The van der Waals surface area contributed by atoms with Crippen molar-refractivity contribution >= 4 is 17.2 Å². The van der Waals surface area contributed by atoms with Gasteiger partial charge < -0.3 is 15.2 Å². The van der Waals surface area contributed by atoms with E-state index in [2.05, 4.69) is 23.1 Å². The standard InChI is InChI=1S/C15H20N2O2S/c16-15(20)14-10-17(6-8-19-14)5-3-11-1-2-13-12(9-11)4-7-18-13/h1-2,9,14H,3-8,10H2,(H2,16,20). The van der Waals surface area contributed by atoms with Gasteiger partial charge in [-0.15, -0.1) is 0 Å². The molecule has 4 nitrogen and oxygen atoms in total. The number of nitrogens with two attached hydrogens (primary N) is 1. The van der Waals surface area contributed by atoms with Crippen molar-refractivity contribution in [1.29, 1.82) is 0 Å². The Morgan fingerprint density at radius 1 is 1.40 bits per heavy atom. The zero-order valence-corrected chi connectivity index (χ0v) is 12.3. The fourth-order valence-electron chi connectivity index (χ4n) is 2.76. The van der Waals surface area contributed by atoms with Crippen molar-refractivity contribution in [3.8, 4) is 5.75 Å². The zero-order chi connectivity index (χ0) is 13.9. The first-order chi connectivity index (χ1) is 9.72. The number of rotatable bonds is 4. The third-order valence-electron chi connectivity index (χ3n) is 3.94. The average Bonchev–Trinajstić information content (AvgIpc) is 2.93. The lowest BCUT2D eigenvalue weighted by molar-refractivity contribution is 0.00774. The Labute approximate surface area is 124 Å². The number of fused-ring (bicyclic) bond motifs is 1. The molecule has 1 aromatic carbocycles. The second-order valence-electron chi connectivity index (χ2n) is 5.35. The lowest BCUT2D eigenvalue weighted by Crippen LogP contribution is -2.48. The lowest BCUT2D eigenvalue weighted by atomic mass is 10.1. The summed E-state index contributed by atoms with van der Waals surface area (Å²) in [6.45, 7) is 4.30. The van der Waals surface area contributed by atoms with E-state index in [1.54, 1.807) is 0 Å². The van der Waals surface area contributed by atoms with Gasteiger partial charge in [-0.25, -0.2) is 0 Å². The molecule has 5 heteroatoms. The molecule has 0 amide bonds. The van der Waals surface area contributed by atoms with Crippen LogP contribution in [0.15, 0.2) is 18.2 Å². The Morgan fingerprint density at radius 3 is 3.15 bits per heavy atom. The van der Waals surface area contributed by atoms with Crippen LogP contribution in [0.3, 0.4) is 0 Å². The van der Waals surface area contributed by atoms with Gasteiger partial charge >= 0.3 is 0 Å². The van der Waals surface area contributed by atoms with Crippen molar-refractivity contribution in [2.45, 2.75) is 18.9 Å². The minimum absolute atomic E-state index is 0.0906. The molecule has 1 unspecified atom stereocenters. The number of hydrogen-bond acceptors (Lipinski definition) is 4. The van der Waals surface area contributed by atoms with Gasteiger partial charge in [-0.3, -0.25) is 4.90 Å². The van der Waals surface area contributed by atoms with Crippen LogP contribution in [0.1, 0.15) is 11.1 Å². The molecule has 2 heterocycles. The highest BCUT2D eigenvalue weighted by atomic mass is 32.1. The topological polar surface area (TPSA) is 47.7 Å². The van der Waals surface area contributed by atoms with E-state index in [-0.39, 0.29) is 6.10 Å². The van der Waals surface area contributed by atoms with Crippen LogP contribution in [0.2, 0.25) is 0 Å². The van der Waals surface area contributed by atoms with Gasteiger partial charge in [0, 0.05) is 26.1 Å². The van der Waals surface area contributed by atoms with Crippen LogP contribution in [0.25, 0.3) is 0 Å². The Morgan fingerprint density at radius 2 is 2.30 bits per heavy atom. The molecule has 0 bridgehead atoms. The van der Waals surface area contributed by atoms with E-state index in [1.807, 2.05) is 0 Å². The number of morpholine rings is 1. The molecule has 0 spiro atoms. The summed E-state index contributed by atoms with van der Waals surface area (Å²) in [5.41, 5.74) is 8.37. The second kappa shape index (κ2) is 6.08. The smallest absolute Gasteiger partial charge is 0.122 e. The normalized spacial score (nSPS) is 22.3. The van der Waals surface area contributed by atoms with E-state index in [0.717, 1.165) is 44.8 Å². The maximum Gasteiger partial charge on any atom is 0.122 e. The predicted molar refractivity (Wildman–Crippen MR) is 82.3 cm³/mol. The van der Waals surface area contributed by atoms with Crippen LogP contribution < -0.4 is 10.5 Å². The molecule has 0 aromatic heterocycles. The molecule has 108 valence electrons. The van der Waals surface area contributed by atoms with Crippen molar-refractivity contribution in [2.75, 3.05) is 32.8 Å². The first kappa shape index (κ1) is 13.8. The van der Waals surface area contributed by atoms with E-state index in [0.29, 0.717) is 11.6 Å². The van der Waals surface area contributed by atoms with Crippen LogP contribution in [0.4, 0.5) is 0 Å². The van der Waals surface area contributed by atoms with E-state index in [9.17, 15) is 0 Å². The van der Waals surface area contributed by atoms with Crippen LogP contribution in [0.5, 0.6) is 5.75 Å². The van der Waals surface area contributed by atoms with E-state index in [1.165, 1.54) is 11.1 Å². The highest BCUT2D eigenvalue weighted by molar-refractivity contribution is 7.80. The molecule has 1 aromatic rings. The molecule has 1 fully saturated rings. The Balaban J connectivity index is 1.55. The van der Waals surface area contributed by atoms with Gasteiger partial charge in [0.1, 0.15) is 16.8 Å². The van der Waals surface area contributed by atoms with Crippen molar-refractivity contribution in [3.63, 3.8) is 0 Å². The van der Waals surface area contributed by atoms with Crippen LogP contribution in [0, 0.1) is 0 Å². The number of hydrogen-bond donors (Lipinski definition) is 1. The van der Waals surface area contributed by atoms with Gasteiger partial charge in [0.25, 0.3) is 0 Å². The minimum atomic E-state index is -0.0906. The van der Waals surface area contributed by atoms with Gasteiger partial charge in [0.15, 0.2) is 0 Å². The Hall–Kier alpha value is -1.17. The monoisotopic (exact) mass is 292 g/mol. The SMILES string of the molecule is NC(=S)C1CN(CCc2ccc3c(c2)CCO3)CCO1. The lowest BCUT2D eigenvalue weighted by Gasteiger charge is -2.32. The van der Waals surface area contributed by atoms with Crippen molar-refractivity contribution in [1.82, 2.24) is 4.90 Å². The molecular formula is C15H20N2O2S. The largest absolute Gasteiger partial charge is 0.493 e. The fourth-order valence-corrected chi connectivity index (χ4v) is 2.90. The summed E-state index contributed by atoms with van der Waals surface area (Å²) in [7, 11) is 0. The molecular weight excluding hydrogens is 272 g/mol. The average molecular weight is 292 g/mol. The van der Waals surface area contributed by atoms with Gasteiger partial charge in [0.2, 0.25) is 0 Å². The molecule has 1 saturated heterocycles. The molecule has 0 aliphatic carbocycles. The minimum Gasteiger partial charge on any atom is -0.493 e. The van der Waals surface area contributed by atoms with E-state index in [4.69, 9.17) is 27.4 Å². The summed E-state index contributed by atoms with van der Waals surface area (Å²) in [4.78, 5) is 2.83. The van der Waals surface area contributed by atoms with Crippen molar-refractivity contribution in [3.05, 3.63) is 29.3 Å². The van der Waals surface area contributed by atoms with Gasteiger partial charge in [-0.1, -0.05) is 24.4 Å². The van der Waals surface area contributed by atoms with Crippen LogP contribution >= 0.6 is 12.2 Å². The van der Waals surface area contributed by atoms with Crippen LogP contribution in [-0.2, 0) is 17.6 Å².